The average molecular weight is 515 g/mol. The van der Waals surface area contributed by atoms with Crippen molar-refractivity contribution in [2.24, 2.45) is 0 Å². The van der Waals surface area contributed by atoms with Crippen molar-refractivity contribution in [2.75, 3.05) is 17.2 Å². The minimum absolute atomic E-state index is 0.134. The molecule has 0 spiro atoms. The molecule has 1 aromatic heterocycles. The van der Waals surface area contributed by atoms with Crippen molar-refractivity contribution in [3.63, 3.8) is 0 Å². The van der Waals surface area contributed by atoms with E-state index in [0.717, 1.165) is 10.3 Å². The van der Waals surface area contributed by atoms with Crippen LogP contribution >= 0.6 is 0 Å². The maximum Gasteiger partial charge on any atom is 0.331 e. The monoisotopic (exact) mass is 514 g/mol. The fraction of sp³-hybridized carbons (Fsp3) is 0.241. The molecule has 9 nitrogen and oxygen atoms in total. The van der Waals surface area contributed by atoms with Crippen molar-refractivity contribution in [3.8, 4) is 5.75 Å². The second kappa shape index (κ2) is 12.5. The van der Waals surface area contributed by atoms with Crippen molar-refractivity contribution in [1.82, 2.24) is 9.13 Å². The Balaban J connectivity index is 1.46. The highest BCUT2D eigenvalue weighted by atomic mass is 16.5. The van der Waals surface area contributed by atoms with Gasteiger partial charge in [-0.3, -0.25) is 23.5 Å². The summed E-state index contributed by atoms with van der Waals surface area (Å²) < 4.78 is 7.87. The first-order chi connectivity index (χ1) is 18.5. The van der Waals surface area contributed by atoms with E-state index in [1.807, 2.05) is 25.1 Å². The van der Waals surface area contributed by atoms with Gasteiger partial charge in [-0.15, -0.1) is 0 Å². The molecule has 4 rings (SSSR count). The highest BCUT2D eigenvalue weighted by Gasteiger charge is 2.15. The maximum absolute atomic E-state index is 13.3. The minimum Gasteiger partial charge on any atom is -0.494 e. The number of carbonyl (C=O) groups is 2. The molecular formula is C29H30N4O5. The Hall–Kier alpha value is -4.66. The van der Waals surface area contributed by atoms with Crippen LogP contribution in [0.5, 0.6) is 5.75 Å². The lowest BCUT2D eigenvalue weighted by Crippen LogP contribution is -2.41. The largest absolute Gasteiger partial charge is 0.494 e. The topological polar surface area (TPSA) is 111 Å². The van der Waals surface area contributed by atoms with Crippen LogP contribution in [0.15, 0.2) is 88.5 Å². The van der Waals surface area contributed by atoms with Gasteiger partial charge in [0, 0.05) is 24.3 Å². The third-order valence-corrected chi connectivity index (χ3v) is 5.98. The second-order valence-corrected chi connectivity index (χ2v) is 8.72. The van der Waals surface area contributed by atoms with Gasteiger partial charge in [0.05, 0.1) is 17.5 Å². The summed E-state index contributed by atoms with van der Waals surface area (Å²) in [6, 6.07) is 22.8. The summed E-state index contributed by atoms with van der Waals surface area (Å²) in [5.41, 5.74) is 0.696. The van der Waals surface area contributed by atoms with Gasteiger partial charge in [-0.1, -0.05) is 30.3 Å². The van der Waals surface area contributed by atoms with E-state index >= 15 is 0 Å². The molecule has 2 N–H and O–H groups in total. The number of carbonyl (C=O) groups excluding carboxylic acids is 2. The lowest BCUT2D eigenvalue weighted by molar-refractivity contribution is -0.117. The Morgan fingerprint density at radius 1 is 0.763 bits per heavy atom. The van der Waals surface area contributed by atoms with Gasteiger partial charge in [0.15, 0.2) is 0 Å². The number of para-hydroxylation sites is 2. The van der Waals surface area contributed by atoms with Gasteiger partial charge in [-0.05, 0) is 68.3 Å². The van der Waals surface area contributed by atoms with Crippen molar-refractivity contribution in [1.29, 1.82) is 0 Å². The molecule has 0 saturated heterocycles. The summed E-state index contributed by atoms with van der Waals surface area (Å²) in [4.78, 5) is 51.5. The summed E-state index contributed by atoms with van der Waals surface area (Å²) in [5, 5.41) is 5.96. The van der Waals surface area contributed by atoms with E-state index in [0.29, 0.717) is 41.8 Å². The van der Waals surface area contributed by atoms with Crippen molar-refractivity contribution < 1.29 is 14.3 Å². The molecule has 0 saturated carbocycles. The molecule has 0 bridgehead atoms. The number of fused-ring (bicyclic) bond motifs is 1. The number of benzene rings is 3. The third-order valence-electron chi connectivity index (χ3n) is 5.98. The highest BCUT2D eigenvalue weighted by Crippen LogP contribution is 2.16. The van der Waals surface area contributed by atoms with Gasteiger partial charge in [0.25, 0.3) is 5.56 Å². The van der Waals surface area contributed by atoms with Crippen LogP contribution in [0.4, 0.5) is 11.4 Å². The zero-order valence-electron chi connectivity index (χ0n) is 21.2. The lowest BCUT2D eigenvalue weighted by Gasteiger charge is -2.14. The first-order valence-corrected chi connectivity index (χ1v) is 12.6. The van der Waals surface area contributed by atoms with Gasteiger partial charge in [-0.25, -0.2) is 4.79 Å². The number of hydrogen-bond acceptors (Lipinski definition) is 5. The number of nitrogens with one attached hydrogen (secondary N) is 2. The predicted octanol–water partition coefficient (Wildman–Crippen LogP) is 4.01. The van der Waals surface area contributed by atoms with Crippen LogP contribution in [0.25, 0.3) is 10.9 Å². The van der Waals surface area contributed by atoms with Gasteiger partial charge < -0.3 is 15.4 Å². The minimum atomic E-state index is -0.565. The third kappa shape index (κ3) is 6.56. The van der Waals surface area contributed by atoms with E-state index in [2.05, 4.69) is 10.6 Å². The summed E-state index contributed by atoms with van der Waals surface area (Å²) in [5.74, 6) is 0.159. The molecule has 0 unspecified atom stereocenters. The van der Waals surface area contributed by atoms with E-state index < -0.39 is 17.2 Å². The molecule has 0 aliphatic heterocycles. The zero-order chi connectivity index (χ0) is 26.9. The number of hydrogen-bond donors (Lipinski definition) is 2. The van der Waals surface area contributed by atoms with E-state index in [4.69, 9.17) is 4.74 Å². The number of ether oxygens (including phenoxy) is 1. The Bertz CT molecular complexity index is 1530. The van der Waals surface area contributed by atoms with Crippen molar-refractivity contribution in [2.45, 2.75) is 39.3 Å². The smallest absolute Gasteiger partial charge is 0.331 e. The molecule has 3 aromatic carbocycles. The van der Waals surface area contributed by atoms with Gasteiger partial charge >= 0.3 is 5.69 Å². The number of nitrogens with zero attached hydrogens (tertiary/aromatic N) is 2. The maximum atomic E-state index is 13.3. The molecular weight excluding hydrogens is 484 g/mol. The quantitative estimate of drug-likeness (QED) is 0.294. The number of anilines is 2. The molecule has 2 amide bonds. The Kier molecular flexibility index (Phi) is 8.71. The first-order valence-electron chi connectivity index (χ1n) is 12.6. The number of aromatic nitrogens is 2. The Morgan fingerprint density at radius 2 is 1.42 bits per heavy atom. The van der Waals surface area contributed by atoms with E-state index in [9.17, 15) is 19.2 Å². The van der Waals surface area contributed by atoms with E-state index in [1.54, 1.807) is 60.7 Å². The average Bonchev–Trinajstić information content (AvgIpc) is 2.92. The normalized spacial score (nSPS) is 10.8. The van der Waals surface area contributed by atoms with Crippen LogP contribution < -0.4 is 26.6 Å². The zero-order valence-corrected chi connectivity index (χ0v) is 21.2. The molecule has 9 heteroatoms. The van der Waals surface area contributed by atoms with Crippen LogP contribution in [0.2, 0.25) is 0 Å². The van der Waals surface area contributed by atoms with Crippen molar-refractivity contribution in [3.05, 3.63) is 99.7 Å². The van der Waals surface area contributed by atoms with Gasteiger partial charge in [0.1, 0.15) is 12.3 Å². The summed E-state index contributed by atoms with van der Waals surface area (Å²) >= 11 is 0. The standard InChI is InChI=1S/C29H30N4O5/c1-2-38-23-17-15-22(16-18-23)31-27(35)20-33-25-13-7-6-12-24(25)28(36)32(29(33)37)19-9-8-14-26(34)30-21-10-4-3-5-11-21/h3-7,10-13,15-18H,2,8-9,14,19-20H2,1H3,(H,30,34)(H,31,35). The fourth-order valence-corrected chi connectivity index (χ4v) is 4.17. The lowest BCUT2D eigenvalue weighted by atomic mass is 10.2. The van der Waals surface area contributed by atoms with Crippen LogP contribution in [0.1, 0.15) is 26.2 Å². The molecule has 0 fully saturated rings. The van der Waals surface area contributed by atoms with Gasteiger partial charge in [-0.2, -0.15) is 0 Å². The first kappa shape index (κ1) is 26.4. The second-order valence-electron chi connectivity index (χ2n) is 8.72. The molecule has 38 heavy (non-hydrogen) atoms. The SMILES string of the molecule is CCOc1ccc(NC(=O)Cn2c(=O)n(CCCCC(=O)Nc3ccccc3)c(=O)c3ccccc32)cc1. The Morgan fingerprint density at radius 3 is 2.16 bits per heavy atom. The van der Waals surface area contributed by atoms with E-state index in [-0.39, 0.29) is 25.4 Å². The molecule has 0 radical (unpaired) electrons. The van der Waals surface area contributed by atoms with Crippen LogP contribution in [0.3, 0.4) is 0 Å². The van der Waals surface area contributed by atoms with Crippen LogP contribution in [-0.2, 0) is 22.7 Å². The van der Waals surface area contributed by atoms with Crippen LogP contribution in [0, 0.1) is 0 Å². The predicted molar refractivity (Wildman–Crippen MR) is 148 cm³/mol. The summed E-state index contributed by atoms with van der Waals surface area (Å²) in [7, 11) is 0. The highest BCUT2D eigenvalue weighted by molar-refractivity contribution is 5.92. The molecule has 0 atom stereocenters. The molecule has 0 aliphatic carbocycles. The molecule has 196 valence electrons. The number of amides is 2. The van der Waals surface area contributed by atoms with Crippen LogP contribution in [-0.4, -0.2) is 27.6 Å². The van der Waals surface area contributed by atoms with E-state index in [1.165, 1.54) is 4.57 Å². The van der Waals surface area contributed by atoms with Crippen molar-refractivity contribution >= 4 is 34.1 Å². The summed E-state index contributed by atoms with van der Waals surface area (Å²) in [6.07, 6.45) is 1.21. The number of rotatable bonds is 11. The molecule has 1 heterocycles. The molecule has 4 aromatic rings. The fourth-order valence-electron chi connectivity index (χ4n) is 4.17. The Labute approximate surface area is 219 Å². The number of unbranched alkanes of at least 4 members (excludes halogenated alkanes) is 1. The molecule has 0 aliphatic rings. The van der Waals surface area contributed by atoms with Gasteiger partial charge in [0.2, 0.25) is 11.8 Å². The summed E-state index contributed by atoms with van der Waals surface area (Å²) in [6.45, 7) is 2.31.